The van der Waals surface area contributed by atoms with Crippen molar-refractivity contribution in [2.45, 2.75) is 31.7 Å². The first-order valence-corrected chi connectivity index (χ1v) is 11.8. The van der Waals surface area contributed by atoms with Crippen LogP contribution >= 0.6 is 0 Å². The van der Waals surface area contributed by atoms with Crippen molar-refractivity contribution in [2.24, 2.45) is 31.3 Å². The minimum absolute atomic E-state index is 0.0235. The molecule has 0 radical (unpaired) electrons. The summed E-state index contributed by atoms with van der Waals surface area (Å²) in [6.07, 6.45) is 1.66. The monoisotopic (exact) mass is 459 g/mol. The Morgan fingerprint density at radius 1 is 0.794 bits per heavy atom. The number of hydrogen-bond donors (Lipinski definition) is 3. The number of fused-ring (bicyclic) bond motifs is 2. The van der Waals surface area contributed by atoms with E-state index in [1.54, 1.807) is 0 Å². The summed E-state index contributed by atoms with van der Waals surface area (Å²) in [6.45, 7) is 0.893. The van der Waals surface area contributed by atoms with Gasteiger partial charge in [0.25, 0.3) is 0 Å². The highest BCUT2D eigenvalue weighted by atomic mass is 16.1. The van der Waals surface area contributed by atoms with E-state index in [9.17, 15) is 9.59 Å². The molecule has 0 saturated carbocycles. The molecule has 0 aliphatic heterocycles. The summed E-state index contributed by atoms with van der Waals surface area (Å²) in [5.41, 5.74) is 23.1. The Morgan fingerprint density at radius 2 is 1.26 bits per heavy atom. The highest BCUT2D eigenvalue weighted by Crippen LogP contribution is 2.29. The number of aromatic nitrogens is 2. The molecule has 4 aromatic rings. The third kappa shape index (κ3) is 4.07. The predicted molar refractivity (Wildman–Crippen MR) is 137 cm³/mol. The van der Waals surface area contributed by atoms with Crippen LogP contribution in [0.15, 0.2) is 48.5 Å². The number of rotatable bonds is 10. The van der Waals surface area contributed by atoms with E-state index in [-0.39, 0.29) is 24.4 Å². The third-order valence-corrected chi connectivity index (χ3v) is 6.73. The summed E-state index contributed by atoms with van der Waals surface area (Å²) in [5.74, 6) is -0.182. The molecule has 0 aliphatic carbocycles. The molecule has 1 atom stereocenters. The zero-order valence-electron chi connectivity index (χ0n) is 19.9. The van der Waals surface area contributed by atoms with E-state index in [0.717, 1.165) is 32.9 Å². The minimum atomic E-state index is -0.781. The van der Waals surface area contributed by atoms with Crippen LogP contribution in [-0.2, 0) is 26.9 Å². The van der Waals surface area contributed by atoms with Gasteiger partial charge in [-0.2, -0.15) is 0 Å². The van der Waals surface area contributed by atoms with E-state index in [4.69, 9.17) is 17.2 Å². The maximum absolute atomic E-state index is 13.4. The van der Waals surface area contributed by atoms with E-state index in [0.29, 0.717) is 37.3 Å². The maximum atomic E-state index is 13.4. The quantitative estimate of drug-likeness (QED) is 0.315. The van der Waals surface area contributed by atoms with Gasteiger partial charge in [0, 0.05) is 42.3 Å². The lowest BCUT2D eigenvalue weighted by atomic mass is 9.97. The highest BCUT2D eigenvalue weighted by molar-refractivity contribution is 6.06. The highest BCUT2D eigenvalue weighted by Gasteiger charge is 2.27. The number of aryl methyl sites for hydroxylation is 2. The number of hydrogen-bond acceptors (Lipinski definition) is 5. The fourth-order valence-corrected chi connectivity index (χ4v) is 5.12. The van der Waals surface area contributed by atoms with Gasteiger partial charge in [-0.1, -0.05) is 36.4 Å². The molecule has 0 bridgehead atoms. The average molecular weight is 460 g/mol. The van der Waals surface area contributed by atoms with E-state index < -0.39 is 6.04 Å². The number of carbonyl (C=O) groups is 2. The molecule has 0 aliphatic rings. The first-order valence-electron chi connectivity index (χ1n) is 11.8. The van der Waals surface area contributed by atoms with Crippen molar-refractivity contribution in [2.75, 3.05) is 13.1 Å². The largest absolute Gasteiger partial charge is 0.341 e. The van der Waals surface area contributed by atoms with Crippen LogP contribution in [0.3, 0.4) is 0 Å². The van der Waals surface area contributed by atoms with Crippen molar-refractivity contribution < 1.29 is 9.59 Å². The summed E-state index contributed by atoms with van der Waals surface area (Å²) >= 11 is 0. The summed E-state index contributed by atoms with van der Waals surface area (Å²) < 4.78 is 3.83. The number of nitrogens with two attached hydrogens (primary N) is 3. The summed E-state index contributed by atoms with van der Waals surface area (Å²) in [4.78, 5) is 26.8. The molecular formula is C27H33N5O2. The topological polar surface area (TPSA) is 122 Å². The minimum Gasteiger partial charge on any atom is -0.341 e. The number of ketones is 2. The van der Waals surface area contributed by atoms with Gasteiger partial charge in [0.2, 0.25) is 0 Å². The molecule has 2 aromatic carbocycles. The maximum Gasteiger partial charge on any atom is 0.196 e. The second-order valence-corrected chi connectivity index (χ2v) is 8.82. The Balaban J connectivity index is 1.59. The number of carbonyl (C=O) groups excluding carboxylic acids is 2. The second-order valence-electron chi connectivity index (χ2n) is 8.82. The molecule has 7 heteroatoms. The molecule has 7 nitrogen and oxygen atoms in total. The van der Waals surface area contributed by atoms with Crippen molar-refractivity contribution in [3.05, 3.63) is 71.0 Å². The van der Waals surface area contributed by atoms with Gasteiger partial charge in [-0.15, -0.1) is 0 Å². The standard InChI is InChI=1S/C27H33N5O2/c1-31-22-9-5-3-7-17(22)19(13-15-28)25(31)24(33)12-11-21(30)27(34)26-20(14-16-29)18-8-4-6-10-23(18)32(26)2/h3-10,21H,11-16,28-30H2,1-2H3. The Labute approximate surface area is 199 Å². The van der Waals surface area contributed by atoms with Crippen molar-refractivity contribution in [3.8, 4) is 0 Å². The van der Waals surface area contributed by atoms with Crippen molar-refractivity contribution in [1.82, 2.24) is 9.13 Å². The summed E-state index contributed by atoms with van der Waals surface area (Å²) in [5, 5.41) is 2.06. The van der Waals surface area contributed by atoms with Crippen LogP contribution in [0.1, 0.15) is 44.9 Å². The van der Waals surface area contributed by atoms with Gasteiger partial charge in [-0.05, 0) is 55.6 Å². The van der Waals surface area contributed by atoms with Crippen LogP contribution in [0.25, 0.3) is 21.8 Å². The number of Topliss-reactive ketones (excluding diaryl/α,β-unsaturated/α-hetero) is 2. The molecule has 178 valence electrons. The molecule has 0 saturated heterocycles. The zero-order valence-corrected chi connectivity index (χ0v) is 19.9. The molecular weight excluding hydrogens is 426 g/mol. The van der Waals surface area contributed by atoms with Crippen LogP contribution in [0.5, 0.6) is 0 Å². The van der Waals surface area contributed by atoms with Crippen LogP contribution in [0.2, 0.25) is 0 Å². The lowest BCUT2D eigenvalue weighted by Gasteiger charge is -2.14. The molecule has 6 N–H and O–H groups in total. The number of benzene rings is 2. The number of para-hydroxylation sites is 2. The number of nitrogens with zero attached hydrogens (tertiary/aromatic N) is 2. The SMILES string of the molecule is Cn1c(C(=O)CCC(N)C(=O)c2c(CCN)c3ccccc3n2C)c(CCN)c2ccccc21. The molecule has 0 spiro atoms. The van der Waals surface area contributed by atoms with Crippen molar-refractivity contribution >= 4 is 33.4 Å². The summed E-state index contributed by atoms with van der Waals surface area (Å²) in [6, 6.07) is 15.1. The van der Waals surface area contributed by atoms with Gasteiger partial charge in [-0.25, -0.2) is 0 Å². The van der Waals surface area contributed by atoms with Gasteiger partial charge in [0.1, 0.15) is 0 Å². The summed E-state index contributed by atoms with van der Waals surface area (Å²) in [7, 11) is 3.78. The fourth-order valence-electron chi connectivity index (χ4n) is 5.12. The third-order valence-electron chi connectivity index (χ3n) is 6.73. The Kier molecular flexibility index (Phi) is 6.97. The molecule has 2 aromatic heterocycles. The Bertz CT molecular complexity index is 1360. The van der Waals surface area contributed by atoms with Gasteiger partial charge in [-0.3, -0.25) is 9.59 Å². The van der Waals surface area contributed by atoms with Crippen LogP contribution in [0.4, 0.5) is 0 Å². The first kappa shape index (κ1) is 23.9. The van der Waals surface area contributed by atoms with Gasteiger partial charge in [0.05, 0.1) is 17.4 Å². The van der Waals surface area contributed by atoms with E-state index in [1.807, 2.05) is 71.8 Å². The molecule has 0 fully saturated rings. The molecule has 4 rings (SSSR count). The van der Waals surface area contributed by atoms with E-state index in [2.05, 4.69) is 0 Å². The molecule has 0 amide bonds. The molecule has 2 heterocycles. The van der Waals surface area contributed by atoms with Crippen molar-refractivity contribution in [3.63, 3.8) is 0 Å². The second kappa shape index (κ2) is 9.93. The fraction of sp³-hybridized carbons (Fsp3) is 0.333. The Morgan fingerprint density at radius 3 is 1.79 bits per heavy atom. The lowest BCUT2D eigenvalue weighted by Crippen LogP contribution is -2.33. The van der Waals surface area contributed by atoms with Crippen LogP contribution in [0, 0.1) is 0 Å². The first-order chi connectivity index (χ1) is 16.4. The van der Waals surface area contributed by atoms with Crippen molar-refractivity contribution in [1.29, 1.82) is 0 Å². The van der Waals surface area contributed by atoms with Crippen LogP contribution < -0.4 is 17.2 Å². The van der Waals surface area contributed by atoms with E-state index in [1.165, 1.54) is 0 Å². The predicted octanol–water partition coefficient (Wildman–Crippen LogP) is 2.85. The average Bonchev–Trinajstić information content (AvgIpc) is 3.29. The van der Waals surface area contributed by atoms with Gasteiger partial charge >= 0.3 is 0 Å². The Hall–Kier alpha value is -3.26. The molecule has 34 heavy (non-hydrogen) atoms. The normalized spacial score (nSPS) is 12.5. The molecule has 1 unspecified atom stereocenters. The smallest absolute Gasteiger partial charge is 0.196 e. The lowest BCUT2D eigenvalue weighted by molar-refractivity contribution is 0.0929. The zero-order chi connectivity index (χ0) is 24.4. The van der Waals surface area contributed by atoms with Gasteiger partial charge in [0.15, 0.2) is 11.6 Å². The van der Waals surface area contributed by atoms with E-state index >= 15 is 0 Å². The van der Waals surface area contributed by atoms with Gasteiger partial charge < -0.3 is 26.3 Å². The van der Waals surface area contributed by atoms with Crippen LogP contribution in [-0.4, -0.2) is 39.8 Å².